The topological polar surface area (TPSA) is 147 Å². The van der Waals surface area contributed by atoms with Crippen molar-refractivity contribution in [2.45, 2.75) is 18.3 Å². The van der Waals surface area contributed by atoms with Crippen molar-refractivity contribution in [1.82, 2.24) is 9.88 Å². The van der Waals surface area contributed by atoms with Gasteiger partial charge in [-0.25, -0.2) is 18.0 Å². The Kier molecular flexibility index (Phi) is 6.36. The molecule has 13 heteroatoms. The molecule has 0 spiro atoms. The van der Waals surface area contributed by atoms with Crippen molar-refractivity contribution >= 4 is 50.9 Å². The number of thiazole rings is 1. The van der Waals surface area contributed by atoms with Crippen molar-refractivity contribution < 1.29 is 32.8 Å². The van der Waals surface area contributed by atoms with E-state index in [0.29, 0.717) is 30.0 Å². The summed E-state index contributed by atoms with van der Waals surface area (Å²) in [5.41, 5.74) is 1.74. The maximum Gasteiger partial charge on any atom is 0.249 e. The summed E-state index contributed by atoms with van der Waals surface area (Å²) in [5, 5.41) is 24.9. The Morgan fingerprint density at radius 3 is 2.73 bits per heavy atom. The highest BCUT2D eigenvalue weighted by Crippen LogP contribution is 2.39. The third-order valence-corrected chi connectivity index (χ3v) is 7.40. The lowest BCUT2D eigenvalue weighted by Gasteiger charge is -2.45. The zero-order valence-electron chi connectivity index (χ0n) is 17.2. The molecule has 10 nitrogen and oxygen atoms in total. The molecule has 172 valence electrons. The number of rotatable bonds is 7. The third kappa shape index (κ3) is 5.15. The van der Waals surface area contributed by atoms with E-state index in [1.54, 1.807) is 42.1 Å². The SMILES string of the molecule is CS(=O)(=O)N=C([O-])c1nc(-c2cc[n+](C/C=C/C3=C(C(=O)[O-])N4C(=O)C[C@H]4SC3)cc2)cs1. The second-order valence-electron chi connectivity index (χ2n) is 7.25. The van der Waals surface area contributed by atoms with Crippen LogP contribution in [0, 0.1) is 0 Å². The normalized spacial score (nSPS) is 19.1. The second kappa shape index (κ2) is 9.08. The third-order valence-electron chi connectivity index (χ3n) is 4.83. The number of carbonyl (C=O) groups excluding carboxylic acids is 2. The molecule has 0 aromatic carbocycles. The van der Waals surface area contributed by atoms with Crippen LogP contribution < -0.4 is 14.8 Å². The molecule has 2 aliphatic heterocycles. The van der Waals surface area contributed by atoms with E-state index in [-0.39, 0.29) is 22.0 Å². The van der Waals surface area contributed by atoms with E-state index in [4.69, 9.17) is 0 Å². The molecule has 4 heterocycles. The molecule has 1 fully saturated rings. The summed E-state index contributed by atoms with van der Waals surface area (Å²) in [6.07, 6.45) is 8.27. The average molecular weight is 506 g/mol. The minimum absolute atomic E-state index is 0.0136. The van der Waals surface area contributed by atoms with Crippen molar-refractivity contribution in [3.05, 3.63) is 58.3 Å². The predicted octanol–water partition coefficient (Wildman–Crippen LogP) is -0.970. The molecule has 4 rings (SSSR count). The molecule has 2 aromatic heterocycles. The van der Waals surface area contributed by atoms with Gasteiger partial charge in [-0.1, -0.05) is 6.08 Å². The van der Waals surface area contributed by atoms with Crippen LogP contribution in [0.3, 0.4) is 0 Å². The number of carboxylic acids is 1. The molecular formula is C20H17N4O6S3-. The summed E-state index contributed by atoms with van der Waals surface area (Å²) in [5.74, 6) is -1.97. The monoisotopic (exact) mass is 505 g/mol. The Labute approximate surface area is 197 Å². The molecule has 1 atom stereocenters. The Balaban J connectivity index is 1.45. The van der Waals surface area contributed by atoms with Crippen molar-refractivity contribution in [3.63, 3.8) is 0 Å². The number of allylic oxidation sites excluding steroid dienone is 2. The number of β-lactam (4-membered cyclic amide) rings is 1. The molecule has 0 saturated carbocycles. The van der Waals surface area contributed by atoms with Crippen LogP contribution in [0.4, 0.5) is 0 Å². The minimum atomic E-state index is -3.79. The van der Waals surface area contributed by atoms with Gasteiger partial charge in [-0.05, 0) is 11.6 Å². The van der Waals surface area contributed by atoms with Crippen LogP contribution in [0.2, 0.25) is 0 Å². The van der Waals surface area contributed by atoms with Gasteiger partial charge in [0, 0.05) is 34.7 Å². The van der Waals surface area contributed by atoms with Gasteiger partial charge < -0.3 is 15.0 Å². The quantitative estimate of drug-likeness (QED) is 0.202. The number of aromatic nitrogens is 2. The fourth-order valence-corrected chi connectivity index (χ4v) is 5.71. The highest BCUT2D eigenvalue weighted by molar-refractivity contribution is 8.00. The number of pyridine rings is 1. The summed E-state index contributed by atoms with van der Waals surface area (Å²) in [6, 6.07) is 3.58. The molecule has 0 N–H and O–H groups in total. The molecule has 0 aliphatic carbocycles. The number of carbonyl (C=O) groups is 2. The van der Waals surface area contributed by atoms with Crippen molar-refractivity contribution in [1.29, 1.82) is 0 Å². The fourth-order valence-electron chi connectivity index (χ4n) is 3.32. The van der Waals surface area contributed by atoms with Gasteiger partial charge >= 0.3 is 0 Å². The van der Waals surface area contributed by atoms with E-state index in [1.807, 2.05) is 4.57 Å². The van der Waals surface area contributed by atoms with Crippen LogP contribution in [0.5, 0.6) is 0 Å². The van der Waals surface area contributed by atoms with Gasteiger partial charge in [-0.3, -0.25) is 9.69 Å². The number of thioether (sulfide) groups is 1. The largest absolute Gasteiger partial charge is 0.856 e. The van der Waals surface area contributed by atoms with Gasteiger partial charge in [0.25, 0.3) is 0 Å². The maximum atomic E-state index is 11.9. The number of sulfonamides is 1. The molecular weight excluding hydrogens is 488 g/mol. The summed E-state index contributed by atoms with van der Waals surface area (Å²) in [6.45, 7) is 0.459. The molecule has 1 saturated heterocycles. The van der Waals surface area contributed by atoms with Crippen LogP contribution in [-0.2, 0) is 26.2 Å². The van der Waals surface area contributed by atoms with Gasteiger partial charge in [-0.15, -0.1) is 23.1 Å². The van der Waals surface area contributed by atoms with Gasteiger partial charge in [0.05, 0.1) is 35.4 Å². The number of aliphatic carboxylic acids is 1. The zero-order chi connectivity index (χ0) is 23.8. The van der Waals surface area contributed by atoms with Gasteiger partial charge in [-0.2, -0.15) is 4.40 Å². The van der Waals surface area contributed by atoms with E-state index in [1.165, 1.54) is 16.7 Å². The van der Waals surface area contributed by atoms with Crippen LogP contribution in [-0.4, -0.2) is 53.5 Å². The van der Waals surface area contributed by atoms with Crippen LogP contribution in [0.25, 0.3) is 11.3 Å². The number of nitrogens with zero attached hydrogens (tertiary/aromatic N) is 4. The Morgan fingerprint density at radius 2 is 2.09 bits per heavy atom. The van der Waals surface area contributed by atoms with Crippen molar-refractivity contribution in [2.24, 2.45) is 4.40 Å². The molecule has 0 bridgehead atoms. The molecule has 33 heavy (non-hydrogen) atoms. The first-order valence-corrected chi connectivity index (χ1v) is 13.4. The standard InChI is InChI=1S/C20H18N4O6S3/c1-33(29,30)22-18(26)19-21-14(11-32-19)12-4-7-23(8-5-12)6-2-3-13-10-31-16-9-15(25)24(16)17(13)20(27)28/h2-5,7-8,11,16H,6,9-10H2,1H3,(H-,22,26,27,28)/p-1/b3-2+/t16-/m1/s1. The highest BCUT2D eigenvalue weighted by atomic mass is 32.2. The van der Waals surface area contributed by atoms with E-state index >= 15 is 0 Å². The summed E-state index contributed by atoms with van der Waals surface area (Å²) >= 11 is 2.54. The van der Waals surface area contributed by atoms with E-state index < -0.39 is 21.9 Å². The summed E-state index contributed by atoms with van der Waals surface area (Å²) < 4.78 is 27.2. The van der Waals surface area contributed by atoms with Crippen molar-refractivity contribution in [2.75, 3.05) is 12.0 Å². The molecule has 2 aromatic rings. The second-order valence-corrected chi connectivity index (χ2v) is 10.9. The van der Waals surface area contributed by atoms with Gasteiger partial charge in [0.2, 0.25) is 15.9 Å². The molecule has 1 amide bonds. The number of hydrogen-bond acceptors (Lipinski definition) is 9. The van der Waals surface area contributed by atoms with Crippen molar-refractivity contribution in [3.8, 4) is 11.3 Å². The average Bonchev–Trinajstić information content (AvgIpc) is 3.23. The lowest BCUT2D eigenvalue weighted by atomic mass is 10.1. The Bertz CT molecular complexity index is 1310. The van der Waals surface area contributed by atoms with E-state index in [2.05, 4.69) is 9.38 Å². The lowest BCUT2D eigenvalue weighted by Crippen LogP contribution is -2.55. The molecule has 0 radical (unpaired) electrons. The van der Waals surface area contributed by atoms with E-state index in [9.17, 15) is 28.2 Å². The Morgan fingerprint density at radius 1 is 1.36 bits per heavy atom. The first-order chi connectivity index (χ1) is 15.6. The zero-order valence-corrected chi connectivity index (χ0v) is 19.7. The smallest absolute Gasteiger partial charge is 0.249 e. The fraction of sp³-hybridized carbons (Fsp3) is 0.250. The first kappa shape index (κ1) is 23.1. The van der Waals surface area contributed by atoms with Crippen LogP contribution in [0.15, 0.2) is 57.7 Å². The van der Waals surface area contributed by atoms with Crippen LogP contribution in [0.1, 0.15) is 11.4 Å². The number of hydrogen-bond donors (Lipinski definition) is 0. The van der Waals surface area contributed by atoms with Gasteiger partial charge in [0.1, 0.15) is 5.01 Å². The highest BCUT2D eigenvalue weighted by Gasteiger charge is 2.42. The van der Waals surface area contributed by atoms with Gasteiger partial charge in [0.15, 0.2) is 18.9 Å². The number of amides is 1. The summed E-state index contributed by atoms with van der Waals surface area (Å²) in [4.78, 5) is 28.8. The predicted molar refractivity (Wildman–Crippen MR) is 118 cm³/mol. The number of carboxylic acid groups (broad SMARTS) is 1. The maximum absolute atomic E-state index is 11.9. The minimum Gasteiger partial charge on any atom is -0.856 e. The molecule has 2 aliphatic rings. The Hall–Kier alpha value is -3.03. The lowest BCUT2D eigenvalue weighted by molar-refractivity contribution is -0.686. The van der Waals surface area contributed by atoms with Crippen LogP contribution >= 0.6 is 23.1 Å². The molecule has 0 unspecified atom stereocenters. The number of fused-ring (bicyclic) bond motifs is 1. The summed E-state index contributed by atoms with van der Waals surface area (Å²) in [7, 11) is -3.79. The van der Waals surface area contributed by atoms with E-state index in [0.717, 1.165) is 23.2 Å². The first-order valence-electron chi connectivity index (χ1n) is 9.59.